The van der Waals surface area contributed by atoms with Gasteiger partial charge in [0, 0.05) is 18.5 Å². The monoisotopic (exact) mass is 504 g/mol. The van der Waals surface area contributed by atoms with Crippen LogP contribution in [0.5, 0.6) is 0 Å². The van der Waals surface area contributed by atoms with Crippen molar-refractivity contribution < 1.29 is 9.13 Å². The highest BCUT2D eigenvalue weighted by Crippen LogP contribution is 2.25. The summed E-state index contributed by atoms with van der Waals surface area (Å²) in [6.45, 7) is 8.25. The van der Waals surface area contributed by atoms with Crippen LogP contribution in [-0.2, 0) is 11.3 Å². The number of nitrogens with one attached hydrogen (secondary N) is 1. The highest BCUT2D eigenvalue weighted by atomic mass is 127. The summed E-state index contributed by atoms with van der Waals surface area (Å²) in [7, 11) is 1.79. The van der Waals surface area contributed by atoms with Gasteiger partial charge >= 0.3 is 0 Å². The van der Waals surface area contributed by atoms with Crippen LogP contribution in [0.2, 0.25) is 0 Å². The molecule has 0 radical (unpaired) electrons. The number of rotatable bonds is 3. The molecule has 2 unspecified atom stereocenters. The number of halogens is 2. The molecule has 148 valence electrons. The van der Waals surface area contributed by atoms with Gasteiger partial charge in [-0.2, -0.15) is 0 Å². The molecule has 27 heavy (non-hydrogen) atoms. The Morgan fingerprint density at radius 3 is 2.63 bits per heavy atom. The molecule has 2 atom stereocenters. The average molecular weight is 504 g/mol. The van der Waals surface area contributed by atoms with Crippen LogP contribution < -0.4 is 5.32 Å². The second-order valence-electron chi connectivity index (χ2n) is 6.53. The number of ether oxygens (including phenoxy) is 1. The first-order valence-corrected chi connectivity index (χ1v) is 9.57. The van der Waals surface area contributed by atoms with Crippen molar-refractivity contribution in [1.82, 2.24) is 15.2 Å². The van der Waals surface area contributed by atoms with Gasteiger partial charge in [-0.1, -0.05) is 12.1 Å². The van der Waals surface area contributed by atoms with E-state index in [4.69, 9.17) is 4.74 Å². The minimum absolute atomic E-state index is 0. The fourth-order valence-electron chi connectivity index (χ4n) is 3.22. The van der Waals surface area contributed by atoms with Crippen molar-refractivity contribution in [2.24, 2.45) is 4.99 Å². The number of thiazole rings is 1. The van der Waals surface area contributed by atoms with Crippen molar-refractivity contribution in [1.29, 1.82) is 0 Å². The third-order valence-electron chi connectivity index (χ3n) is 4.42. The number of aliphatic imine (C=N–C) groups is 1. The van der Waals surface area contributed by atoms with E-state index in [9.17, 15) is 4.39 Å². The number of nitrogens with zero attached hydrogens (tertiary/aromatic N) is 3. The molecule has 1 aliphatic rings. The molecule has 1 fully saturated rings. The lowest BCUT2D eigenvalue weighted by Crippen LogP contribution is -2.50. The van der Waals surface area contributed by atoms with E-state index in [1.54, 1.807) is 30.5 Å². The van der Waals surface area contributed by atoms with Crippen LogP contribution in [0.15, 0.2) is 29.3 Å². The number of aromatic nitrogens is 1. The summed E-state index contributed by atoms with van der Waals surface area (Å²) in [5, 5.41) is 4.52. The first-order chi connectivity index (χ1) is 12.5. The molecule has 1 aliphatic heterocycles. The SMILES string of the molecule is CN=C(NCc1sc(C)nc1C)N1CC(C)OC(c2ccc(F)cc2)C1.I. The molecular formula is C19H26FIN4OS. The maximum absolute atomic E-state index is 13.2. The molecule has 3 rings (SSSR count). The van der Waals surface area contributed by atoms with Crippen molar-refractivity contribution in [3.63, 3.8) is 0 Å². The van der Waals surface area contributed by atoms with E-state index in [2.05, 4.69) is 20.2 Å². The van der Waals surface area contributed by atoms with Crippen molar-refractivity contribution in [2.45, 2.75) is 39.5 Å². The lowest BCUT2D eigenvalue weighted by molar-refractivity contribution is -0.0605. The van der Waals surface area contributed by atoms with Gasteiger partial charge in [0.1, 0.15) is 11.9 Å². The Bertz CT molecular complexity index is 781. The lowest BCUT2D eigenvalue weighted by atomic mass is 10.1. The van der Waals surface area contributed by atoms with Crippen molar-refractivity contribution >= 4 is 41.3 Å². The first-order valence-electron chi connectivity index (χ1n) is 8.75. The lowest BCUT2D eigenvalue weighted by Gasteiger charge is -2.38. The van der Waals surface area contributed by atoms with E-state index >= 15 is 0 Å². The highest BCUT2D eigenvalue weighted by molar-refractivity contribution is 14.0. The van der Waals surface area contributed by atoms with Crippen LogP contribution >= 0.6 is 35.3 Å². The van der Waals surface area contributed by atoms with E-state index < -0.39 is 0 Å². The summed E-state index contributed by atoms with van der Waals surface area (Å²) in [4.78, 5) is 12.3. The number of morpholine rings is 1. The molecule has 5 nitrogen and oxygen atoms in total. The second-order valence-corrected chi connectivity index (χ2v) is 7.82. The highest BCUT2D eigenvalue weighted by Gasteiger charge is 2.28. The largest absolute Gasteiger partial charge is 0.367 e. The number of guanidine groups is 1. The van der Waals surface area contributed by atoms with Crippen LogP contribution in [0.4, 0.5) is 4.39 Å². The van der Waals surface area contributed by atoms with Crippen LogP contribution in [0.25, 0.3) is 0 Å². The predicted octanol–water partition coefficient (Wildman–Crippen LogP) is 4.05. The molecule has 1 saturated heterocycles. The summed E-state index contributed by atoms with van der Waals surface area (Å²) in [6.07, 6.45) is -0.0463. The van der Waals surface area contributed by atoms with Crippen molar-refractivity contribution in [3.05, 3.63) is 51.2 Å². The molecule has 1 aromatic carbocycles. The quantitative estimate of drug-likeness (QED) is 0.390. The predicted molar refractivity (Wildman–Crippen MR) is 118 cm³/mol. The number of benzene rings is 1. The van der Waals surface area contributed by atoms with Gasteiger partial charge in [0.05, 0.1) is 29.9 Å². The Balaban J connectivity index is 0.00000261. The van der Waals surface area contributed by atoms with Gasteiger partial charge in [-0.15, -0.1) is 35.3 Å². The van der Waals surface area contributed by atoms with E-state index in [-0.39, 0.29) is 42.0 Å². The standard InChI is InChI=1S/C19H25FN4OS.HI/c1-12-10-24(11-17(25-12)15-5-7-16(20)8-6-15)19(21-4)22-9-18-13(2)23-14(3)26-18;/h5-8,12,17H,9-11H2,1-4H3,(H,21,22);1H. The van der Waals surface area contributed by atoms with Gasteiger partial charge in [-0.3, -0.25) is 4.99 Å². The Labute approximate surface area is 181 Å². The molecule has 1 aromatic heterocycles. The van der Waals surface area contributed by atoms with Gasteiger partial charge in [0.15, 0.2) is 5.96 Å². The molecule has 0 aliphatic carbocycles. The molecule has 2 heterocycles. The number of hydrogen-bond donors (Lipinski definition) is 1. The summed E-state index contributed by atoms with van der Waals surface area (Å²) >= 11 is 1.71. The topological polar surface area (TPSA) is 49.8 Å². The molecule has 0 spiro atoms. The van der Waals surface area contributed by atoms with Crippen LogP contribution in [0, 0.1) is 19.7 Å². The number of hydrogen-bond acceptors (Lipinski definition) is 4. The molecule has 0 bridgehead atoms. The first kappa shape index (κ1) is 22.0. The van der Waals surface area contributed by atoms with E-state index in [0.29, 0.717) is 13.1 Å². The van der Waals surface area contributed by atoms with E-state index in [0.717, 1.165) is 28.8 Å². The van der Waals surface area contributed by atoms with E-state index in [1.165, 1.54) is 17.0 Å². The zero-order valence-corrected chi connectivity index (χ0v) is 19.2. The molecule has 8 heteroatoms. The molecular weight excluding hydrogens is 478 g/mol. The van der Waals surface area contributed by atoms with Gasteiger partial charge in [0.25, 0.3) is 0 Å². The summed E-state index contributed by atoms with van der Waals surface area (Å²) in [5.74, 6) is 0.611. The fourth-order valence-corrected chi connectivity index (χ4v) is 4.09. The van der Waals surface area contributed by atoms with Crippen LogP contribution in [-0.4, -0.2) is 42.1 Å². The van der Waals surface area contributed by atoms with Gasteiger partial charge in [-0.05, 0) is 38.5 Å². The normalized spacial score (nSPS) is 20.3. The molecule has 1 N–H and O–H groups in total. The summed E-state index contributed by atoms with van der Waals surface area (Å²) in [5.41, 5.74) is 2.04. The van der Waals surface area contributed by atoms with Crippen molar-refractivity contribution in [2.75, 3.05) is 20.1 Å². The third kappa shape index (κ3) is 5.61. The smallest absolute Gasteiger partial charge is 0.194 e. The zero-order chi connectivity index (χ0) is 18.7. The van der Waals surface area contributed by atoms with Gasteiger partial charge in [-0.25, -0.2) is 9.37 Å². The Morgan fingerprint density at radius 2 is 2.04 bits per heavy atom. The maximum atomic E-state index is 13.2. The minimum atomic E-state index is -0.234. The Kier molecular flexibility index (Phi) is 7.99. The minimum Gasteiger partial charge on any atom is -0.367 e. The van der Waals surface area contributed by atoms with Crippen LogP contribution in [0.1, 0.15) is 34.2 Å². The Hall–Kier alpha value is -1.26. The molecule has 0 saturated carbocycles. The number of aryl methyl sites for hydroxylation is 2. The van der Waals surface area contributed by atoms with Crippen molar-refractivity contribution in [3.8, 4) is 0 Å². The maximum Gasteiger partial charge on any atom is 0.194 e. The van der Waals surface area contributed by atoms with E-state index in [1.807, 2.05) is 20.8 Å². The molecule has 2 aromatic rings. The summed E-state index contributed by atoms with van der Waals surface area (Å²) < 4.78 is 19.3. The van der Waals surface area contributed by atoms with Gasteiger partial charge < -0.3 is 15.0 Å². The second kappa shape index (κ2) is 9.79. The zero-order valence-electron chi connectivity index (χ0n) is 16.0. The third-order valence-corrected chi connectivity index (χ3v) is 5.49. The Morgan fingerprint density at radius 1 is 1.33 bits per heavy atom. The van der Waals surface area contributed by atoms with Gasteiger partial charge in [0.2, 0.25) is 0 Å². The fraction of sp³-hybridized carbons (Fsp3) is 0.474. The summed E-state index contributed by atoms with van der Waals surface area (Å²) in [6, 6.07) is 6.53. The molecule has 0 amide bonds. The average Bonchev–Trinajstić information content (AvgIpc) is 2.93. The van der Waals surface area contributed by atoms with Crippen LogP contribution in [0.3, 0.4) is 0 Å².